The van der Waals surface area contributed by atoms with E-state index in [-0.39, 0.29) is 5.91 Å². The Kier molecular flexibility index (Phi) is 3.41. The molecule has 5 nitrogen and oxygen atoms in total. The predicted molar refractivity (Wildman–Crippen MR) is 79.4 cm³/mol. The van der Waals surface area contributed by atoms with E-state index in [9.17, 15) is 4.79 Å². The van der Waals surface area contributed by atoms with Gasteiger partial charge in [0.2, 0.25) is 0 Å². The maximum absolute atomic E-state index is 12.6. The minimum absolute atomic E-state index is 0.0650. The Morgan fingerprint density at radius 3 is 2.67 bits per heavy atom. The van der Waals surface area contributed by atoms with Crippen molar-refractivity contribution in [1.29, 1.82) is 0 Å². The van der Waals surface area contributed by atoms with Crippen molar-refractivity contribution >= 4 is 5.91 Å². The molecular weight excluding hydrogens is 266 g/mol. The van der Waals surface area contributed by atoms with Gasteiger partial charge in [-0.3, -0.25) is 9.48 Å². The van der Waals surface area contributed by atoms with Gasteiger partial charge in [0.1, 0.15) is 11.4 Å². The van der Waals surface area contributed by atoms with E-state index < -0.39 is 0 Å². The molecule has 0 fully saturated rings. The van der Waals surface area contributed by atoms with Gasteiger partial charge in [0.25, 0.3) is 5.91 Å². The van der Waals surface area contributed by atoms with Crippen molar-refractivity contribution in [2.24, 2.45) is 7.05 Å². The highest BCUT2D eigenvalue weighted by molar-refractivity contribution is 5.95. The molecule has 1 aliphatic rings. The molecule has 21 heavy (non-hydrogen) atoms. The Balaban J connectivity index is 1.81. The smallest absolute Gasteiger partial charge is 0.272 e. The van der Waals surface area contributed by atoms with Crippen LogP contribution in [0.2, 0.25) is 0 Å². The molecule has 0 saturated carbocycles. The summed E-state index contributed by atoms with van der Waals surface area (Å²) in [5, 5.41) is 4.36. The minimum atomic E-state index is 0.0650. The Morgan fingerprint density at radius 1 is 1.29 bits per heavy atom. The summed E-state index contributed by atoms with van der Waals surface area (Å²) in [6.07, 6.45) is 0.872. The lowest BCUT2D eigenvalue weighted by Crippen LogP contribution is -2.38. The van der Waals surface area contributed by atoms with Crippen LogP contribution in [0.15, 0.2) is 24.3 Å². The van der Waals surface area contributed by atoms with E-state index >= 15 is 0 Å². The third-order valence-corrected chi connectivity index (χ3v) is 4.00. The molecule has 5 heteroatoms. The fourth-order valence-corrected chi connectivity index (χ4v) is 2.87. The van der Waals surface area contributed by atoms with Gasteiger partial charge in [0.15, 0.2) is 0 Å². The maximum atomic E-state index is 12.6. The average Bonchev–Trinajstić information content (AvgIpc) is 2.78. The summed E-state index contributed by atoms with van der Waals surface area (Å²) in [7, 11) is 3.48. The molecule has 1 amide bonds. The number of benzene rings is 1. The molecule has 0 unspecified atom stereocenters. The number of hydrogen-bond donors (Lipinski definition) is 0. The van der Waals surface area contributed by atoms with Crippen LogP contribution in [0.1, 0.15) is 27.3 Å². The summed E-state index contributed by atoms with van der Waals surface area (Å²) in [4.78, 5) is 14.5. The molecule has 1 aromatic carbocycles. The second kappa shape index (κ2) is 5.24. The van der Waals surface area contributed by atoms with Gasteiger partial charge < -0.3 is 9.64 Å². The van der Waals surface area contributed by atoms with Gasteiger partial charge in [-0.05, 0) is 31.0 Å². The van der Waals surface area contributed by atoms with Gasteiger partial charge in [0, 0.05) is 25.7 Å². The third kappa shape index (κ3) is 2.39. The summed E-state index contributed by atoms with van der Waals surface area (Å²) in [6.45, 7) is 3.32. The van der Waals surface area contributed by atoms with E-state index in [2.05, 4.69) is 5.10 Å². The molecule has 3 rings (SSSR count). The standard InChI is InChI=1S/C16H19N3O2/c1-11-14-8-9-19(16(20)15(14)18(2)17-11)10-12-4-6-13(21-3)7-5-12/h4-7H,8-10H2,1-3H3. The molecule has 1 aliphatic heterocycles. The van der Waals surface area contributed by atoms with Crippen molar-refractivity contribution in [3.05, 3.63) is 46.8 Å². The molecule has 0 saturated heterocycles. The molecule has 0 radical (unpaired) electrons. The number of nitrogens with zero attached hydrogens (tertiary/aromatic N) is 3. The van der Waals surface area contributed by atoms with E-state index in [0.717, 1.165) is 41.2 Å². The lowest BCUT2D eigenvalue weighted by Gasteiger charge is -2.27. The van der Waals surface area contributed by atoms with Crippen LogP contribution in [-0.4, -0.2) is 34.2 Å². The SMILES string of the molecule is COc1ccc(CN2CCc3c(C)nn(C)c3C2=O)cc1. The largest absolute Gasteiger partial charge is 0.497 e. The van der Waals surface area contributed by atoms with E-state index in [1.807, 2.05) is 43.1 Å². The quantitative estimate of drug-likeness (QED) is 0.866. The summed E-state index contributed by atoms with van der Waals surface area (Å²) >= 11 is 0. The third-order valence-electron chi connectivity index (χ3n) is 4.00. The van der Waals surface area contributed by atoms with Crippen molar-refractivity contribution < 1.29 is 9.53 Å². The monoisotopic (exact) mass is 285 g/mol. The minimum Gasteiger partial charge on any atom is -0.497 e. The number of carbonyl (C=O) groups is 1. The number of fused-ring (bicyclic) bond motifs is 1. The molecule has 0 bridgehead atoms. The van der Waals surface area contributed by atoms with Crippen molar-refractivity contribution in [3.63, 3.8) is 0 Å². The van der Waals surface area contributed by atoms with Gasteiger partial charge in [0.05, 0.1) is 12.8 Å². The fourth-order valence-electron chi connectivity index (χ4n) is 2.87. The van der Waals surface area contributed by atoms with Crippen LogP contribution in [0.3, 0.4) is 0 Å². The van der Waals surface area contributed by atoms with Crippen molar-refractivity contribution in [2.75, 3.05) is 13.7 Å². The van der Waals surface area contributed by atoms with E-state index in [4.69, 9.17) is 4.74 Å². The molecule has 0 aliphatic carbocycles. The first kappa shape index (κ1) is 13.7. The Morgan fingerprint density at radius 2 is 2.00 bits per heavy atom. The van der Waals surface area contributed by atoms with Gasteiger partial charge in [-0.15, -0.1) is 0 Å². The lowest BCUT2D eigenvalue weighted by atomic mass is 10.0. The Labute approximate surface area is 124 Å². The van der Waals surface area contributed by atoms with Crippen LogP contribution >= 0.6 is 0 Å². The first-order valence-corrected chi connectivity index (χ1v) is 7.05. The second-order valence-corrected chi connectivity index (χ2v) is 5.36. The van der Waals surface area contributed by atoms with Crippen LogP contribution in [0.25, 0.3) is 0 Å². The number of hydrogen-bond acceptors (Lipinski definition) is 3. The van der Waals surface area contributed by atoms with Crippen molar-refractivity contribution in [3.8, 4) is 5.75 Å². The lowest BCUT2D eigenvalue weighted by molar-refractivity contribution is 0.0715. The van der Waals surface area contributed by atoms with E-state index in [1.165, 1.54) is 0 Å². The van der Waals surface area contributed by atoms with Crippen LogP contribution in [0, 0.1) is 6.92 Å². The van der Waals surface area contributed by atoms with Gasteiger partial charge in [-0.2, -0.15) is 5.10 Å². The normalized spacial score (nSPS) is 14.2. The summed E-state index contributed by atoms with van der Waals surface area (Å²) in [5.74, 6) is 0.892. The molecule has 2 aromatic rings. The number of amides is 1. The van der Waals surface area contributed by atoms with E-state index in [1.54, 1.807) is 11.8 Å². The number of carbonyl (C=O) groups excluding carboxylic acids is 1. The molecule has 0 atom stereocenters. The highest BCUT2D eigenvalue weighted by Gasteiger charge is 2.29. The molecule has 110 valence electrons. The second-order valence-electron chi connectivity index (χ2n) is 5.36. The summed E-state index contributed by atoms with van der Waals surface area (Å²) in [6, 6.07) is 7.83. The number of rotatable bonds is 3. The average molecular weight is 285 g/mol. The van der Waals surface area contributed by atoms with Crippen LogP contribution < -0.4 is 4.74 Å². The first-order chi connectivity index (χ1) is 10.1. The number of aryl methyl sites for hydroxylation is 2. The number of aromatic nitrogens is 2. The van der Waals surface area contributed by atoms with Gasteiger partial charge >= 0.3 is 0 Å². The van der Waals surface area contributed by atoms with Crippen LogP contribution in [0.4, 0.5) is 0 Å². The fraction of sp³-hybridized carbons (Fsp3) is 0.375. The van der Waals surface area contributed by atoms with Crippen LogP contribution in [0.5, 0.6) is 5.75 Å². The zero-order chi connectivity index (χ0) is 15.0. The zero-order valence-corrected chi connectivity index (χ0v) is 12.6. The topological polar surface area (TPSA) is 47.4 Å². The molecular formula is C16H19N3O2. The van der Waals surface area contributed by atoms with Crippen LogP contribution in [-0.2, 0) is 20.0 Å². The van der Waals surface area contributed by atoms with Crippen molar-refractivity contribution in [2.45, 2.75) is 19.9 Å². The highest BCUT2D eigenvalue weighted by atomic mass is 16.5. The maximum Gasteiger partial charge on any atom is 0.272 e. The summed E-state index contributed by atoms with van der Waals surface area (Å²) < 4.78 is 6.85. The first-order valence-electron chi connectivity index (χ1n) is 7.05. The van der Waals surface area contributed by atoms with Gasteiger partial charge in [-0.1, -0.05) is 12.1 Å². The summed E-state index contributed by atoms with van der Waals surface area (Å²) in [5.41, 5.74) is 3.89. The molecule has 0 spiro atoms. The predicted octanol–water partition coefficient (Wildman–Crippen LogP) is 1.94. The Bertz CT molecular complexity index is 674. The molecule has 2 heterocycles. The molecule has 1 aromatic heterocycles. The van der Waals surface area contributed by atoms with Crippen molar-refractivity contribution in [1.82, 2.24) is 14.7 Å². The number of ether oxygens (including phenoxy) is 1. The number of methoxy groups -OCH3 is 1. The van der Waals surface area contributed by atoms with Gasteiger partial charge in [-0.25, -0.2) is 0 Å². The highest BCUT2D eigenvalue weighted by Crippen LogP contribution is 2.23. The molecule has 0 N–H and O–H groups in total. The zero-order valence-electron chi connectivity index (χ0n) is 12.6. The van der Waals surface area contributed by atoms with E-state index in [0.29, 0.717) is 6.54 Å². The Hall–Kier alpha value is -2.30.